The first kappa shape index (κ1) is 13.4. The predicted molar refractivity (Wildman–Crippen MR) is 81.3 cm³/mol. The molecule has 2 aliphatic carbocycles. The Morgan fingerprint density at radius 1 is 1.37 bits per heavy atom. The van der Waals surface area contributed by atoms with Crippen molar-refractivity contribution in [2.75, 3.05) is 5.32 Å². The number of hydrogen-bond donors (Lipinski definition) is 1. The summed E-state index contributed by atoms with van der Waals surface area (Å²) >= 11 is 9.38. The largest absolute Gasteiger partial charge is 0.325 e. The molecule has 1 amide bonds. The standard InChI is InChI=1S/C15H17BrClNO/c16-13-4-3-12(17)8-14(13)18-15(19)7-11-6-9-1-2-10(11)5-9/h3-4,8-11H,1-2,5-7H2,(H,18,19). The van der Waals surface area contributed by atoms with Crippen LogP contribution >= 0.6 is 27.5 Å². The van der Waals surface area contributed by atoms with E-state index in [2.05, 4.69) is 21.2 Å². The number of benzene rings is 1. The lowest BCUT2D eigenvalue weighted by molar-refractivity contribution is -0.117. The second-order valence-electron chi connectivity index (χ2n) is 5.81. The molecule has 3 atom stereocenters. The van der Waals surface area contributed by atoms with E-state index >= 15 is 0 Å². The van der Waals surface area contributed by atoms with Crippen molar-refractivity contribution < 1.29 is 4.79 Å². The van der Waals surface area contributed by atoms with Gasteiger partial charge in [0.2, 0.25) is 5.91 Å². The number of fused-ring (bicyclic) bond motifs is 2. The molecule has 0 spiro atoms. The number of halogens is 2. The number of anilines is 1. The number of carbonyl (C=O) groups excluding carboxylic acids is 1. The van der Waals surface area contributed by atoms with Crippen LogP contribution in [0.25, 0.3) is 0 Å². The van der Waals surface area contributed by atoms with E-state index in [4.69, 9.17) is 11.6 Å². The van der Waals surface area contributed by atoms with Crippen LogP contribution in [0.3, 0.4) is 0 Å². The summed E-state index contributed by atoms with van der Waals surface area (Å²) in [6.07, 6.45) is 5.94. The summed E-state index contributed by atoms with van der Waals surface area (Å²) in [4.78, 5) is 12.1. The van der Waals surface area contributed by atoms with E-state index in [1.54, 1.807) is 12.1 Å². The first-order valence-corrected chi connectivity index (χ1v) is 8.04. The molecule has 2 nitrogen and oxygen atoms in total. The third-order valence-electron chi connectivity index (χ3n) is 4.53. The van der Waals surface area contributed by atoms with Crippen molar-refractivity contribution in [3.05, 3.63) is 27.7 Å². The minimum Gasteiger partial charge on any atom is -0.325 e. The van der Waals surface area contributed by atoms with Gasteiger partial charge in [0.15, 0.2) is 0 Å². The normalized spacial score (nSPS) is 28.6. The molecule has 2 fully saturated rings. The Balaban J connectivity index is 1.61. The maximum absolute atomic E-state index is 12.1. The highest BCUT2D eigenvalue weighted by Crippen LogP contribution is 2.49. The summed E-state index contributed by atoms with van der Waals surface area (Å²) < 4.78 is 0.873. The Labute approximate surface area is 127 Å². The molecule has 4 heteroatoms. The molecule has 0 saturated heterocycles. The monoisotopic (exact) mass is 341 g/mol. The van der Waals surface area contributed by atoms with Gasteiger partial charge in [0.1, 0.15) is 0 Å². The van der Waals surface area contributed by atoms with Gasteiger partial charge in [-0.3, -0.25) is 4.79 Å². The summed E-state index contributed by atoms with van der Waals surface area (Å²) in [5.74, 6) is 2.39. The number of amides is 1. The van der Waals surface area contributed by atoms with Crippen LogP contribution in [-0.4, -0.2) is 5.91 Å². The fraction of sp³-hybridized carbons (Fsp3) is 0.533. The third-order valence-corrected chi connectivity index (χ3v) is 5.46. The zero-order valence-corrected chi connectivity index (χ0v) is 13.0. The Morgan fingerprint density at radius 3 is 2.89 bits per heavy atom. The van der Waals surface area contributed by atoms with E-state index < -0.39 is 0 Å². The number of carbonyl (C=O) groups is 1. The molecular weight excluding hydrogens is 326 g/mol. The van der Waals surface area contributed by atoms with Crippen molar-refractivity contribution in [3.63, 3.8) is 0 Å². The quantitative estimate of drug-likeness (QED) is 0.834. The topological polar surface area (TPSA) is 29.1 Å². The molecule has 3 unspecified atom stereocenters. The van der Waals surface area contributed by atoms with Gasteiger partial charge in [-0.2, -0.15) is 0 Å². The Morgan fingerprint density at radius 2 is 2.21 bits per heavy atom. The lowest BCUT2D eigenvalue weighted by atomic mass is 9.86. The van der Waals surface area contributed by atoms with Gasteiger partial charge in [-0.05, 0) is 71.1 Å². The molecule has 2 bridgehead atoms. The summed E-state index contributed by atoms with van der Waals surface area (Å²) in [5, 5.41) is 3.60. The van der Waals surface area contributed by atoms with Gasteiger partial charge in [-0.15, -0.1) is 0 Å². The maximum Gasteiger partial charge on any atom is 0.224 e. The fourth-order valence-electron chi connectivity index (χ4n) is 3.66. The highest BCUT2D eigenvalue weighted by atomic mass is 79.9. The number of nitrogens with one attached hydrogen (secondary N) is 1. The van der Waals surface area contributed by atoms with Crippen molar-refractivity contribution in [2.45, 2.75) is 32.1 Å². The second-order valence-corrected chi connectivity index (χ2v) is 7.10. The molecular formula is C15H17BrClNO. The van der Waals surface area contributed by atoms with Crippen molar-refractivity contribution in [1.29, 1.82) is 0 Å². The molecule has 1 aromatic rings. The van der Waals surface area contributed by atoms with Crippen LogP contribution in [0.5, 0.6) is 0 Å². The van der Waals surface area contributed by atoms with E-state index in [0.717, 1.165) is 22.0 Å². The minimum atomic E-state index is 0.112. The van der Waals surface area contributed by atoms with Crippen molar-refractivity contribution in [1.82, 2.24) is 0 Å². The van der Waals surface area contributed by atoms with Crippen LogP contribution in [0.2, 0.25) is 5.02 Å². The zero-order chi connectivity index (χ0) is 13.4. The molecule has 0 aliphatic heterocycles. The van der Waals surface area contributed by atoms with Crippen LogP contribution in [-0.2, 0) is 4.79 Å². The first-order valence-electron chi connectivity index (χ1n) is 6.86. The minimum absolute atomic E-state index is 0.112. The molecule has 0 aromatic heterocycles. The molecule has 0 heterocycles. The van der Waals surface area contributed by atoms with E-state index in [1.807, 2.05) is 6.07 Å². The fourth-order valence-corrected chi connectivity index (χ4v) is 4.18. The number of rotatable bonds is 3. The van der Waals surface area contributed by atoms with Crippen LogP contribution in [0.4, 0.5) is 5.69 Å². The molecule has 1 N–H and O–H groups in total. The Bertz CT molecular complexity index is 505. The van der Waals surface area contributed by atoms with Gasteiger partial charge in [-0.25, -0.2) is 0 Å². The number of hydrogen-bond acceptors (Lipinski definition) is 1. The molecule has 19 heavy (non-hydrogen) atoms. The third kappa shape index (κ3) is 2.97. The average Bonchev–Trinajstić information content (AvgIpc) is 2.96. The zero-order valence-electron chi connectivity index (χ0n) is 10.7. The van der Waals surface area contributed by atoms with Crippen LogP contribution in [0.1, 0.15) is 32.1 Å². The van der Waals surface area contributed by atoms with E-state index in [1.165, 1.54) is 25.7 Å². The average molecular weight is 343 g/mol. The lowest BCUT2D eigenvalue weighted by Crippen LogP contribution is -2.20. The second kappa shape index (κ2) is 5.45. The molecule has 0 radical (unpaired) electrons. The van der Waals surface area contributed by atoms with Gasteiger partial charge >= 0.3 is 0 Å². The van der Waals surface area contributed by atoms with Crippen LogP contribution in [0.15, 0.2) is 22.7 Å². The van der Waals surface area contributed by atoms with Gasteiger partial charge in [0.25, 0.3) is 0 Å². The molecule has 3 rings (SSSR count). The Kier molecular flexibility index (Phi) is 3.86. The molecule has 102 valence electrons. The molecule has 1 aromatic carbocycles. The van der Waals surface area contributed by atoms with Crippen molar-refractivity contribution in [3.8, 4) is 0 Å². The van der Waals surface area contributed by atoms with Crippen LogP contribution in [0, 0.1) is 17.8 Å². The van der Waals surface area contributed by atoms with Gasteiger partial charge < -0.3 is 5.32 Å². The summed E-state index contributed by atoms with van der Waals surface area (Å²) in [5.41, 5.74) is 0.764. The summed E-state index contributed by atoms with van der Waals surface area (Å²) in [6, 6.07) is 5.44. The molecule has 2 aliphatic rings. The summed E-state index contributed by atoms with van der Waals surface area (Å²) in [7, 11) is 0. The van der Waals surface area contributed by atoms with Gasteiger partial charge in [-0.1, -0.05) is 18.0 Å². The lowest BCUT2D eigenvalue weighted by Gasteiger charge is -2.21. The van der Waals surface area contributed by atoms with E-state index in [-0.39, 0.29) is 5.91 Å². The van der Waals surface area contributed by atoms with Crippen molar-refractivity contribution >= 4 is 39.1 Å². The first-order chi connectivity index (χ1) is 9.11. The predicted octanol–water partition coefficient (Wildman–Crippen LogP) is 4.87. The van der Waals surface area contributed by atoms with E-state index in [0.29, 0.717) is 17.4 Å². The smallest absolute Gasteiger partial charge is 0.224 e. The van der Waals surface area contributed by atoms with Crippen LogP contribution < -0.4 is 5.32 Å². The Hall–Kier alpha value is -0.540. The highest BCUT2D eigenvalue weighted by Gasteiger charge is 2.40. The van der Waals surface area contributed by atoms with Gasteiger partial charge in [0.05, 0.1) is 5.69 Å². The maximum atomic E-state index is 12.1. The van der Waals surface area contributed by atoms with Crippen molar-refractivity contribution in [2.24, 2.45) is 17.8 Å². The molecule has 2 saturated carbocycles. The van der Waals surface area contributed by atoms with Gasteiger partial charge in [0, 0.05) is 15.9 Å². The highest BCUT2D eigenvalue weighted by molar-refractivity contribution is 9.10. The SMILES string of the molecule is O=C(CC1CC2CCC1C2)Nc1cc(Cl)ccc1Br. The summed E-state index contributed by atoms with van der Waals surface area (Å²) in [6.45, 7) is 0. The van der Waals surface area contributed by atoms with E-state index in [9.17, 15) is 4.79 Å².